The van der Waals surface area contributed by atoms with Crippen LogP contribution in [0.5, 0.6) is 0 Å². The van der Waals surface area contributed by atoms with Crippen LogP contribution in [0.3, 0.4) is 0 Å². The summed E-state index contributed by atoms with van der Waals surface area (Å²) < 4.78 is 21.9. The minimum Gasteiger partial charge on any atom is -0.388 e. The highest BCUT2D eigenvalue weighted by molar-refractivity contribution is 4.52. The SMILES string of the molecule is CCCCCCCCOC[C@@H](O)COCCOCCOCCCCCCC. The highest BCUT2D eigenvalue weighted by Crippen LogP contribution is 2.05. The first-order valence-corrected chi connectivity index (χ1v) is 11.3. The molecular weight excluding hydrogens is 344 g/mol. The van der Waals surface area contributed by atoms with Crippen LogP contribution < -0.4 is 0 Å². The third-order valence-electron chi connectivity index (χ3n) is 4.40. The van der Waals surface area contributed by atoms with Crippen molar-refractivity contribution in [2.24, 2.45) is 0 Å². The first-order chi connectivity index (χ1) is 13.3. The van der Waals surface area contributed by atoms with E-state index in [0.717, 1.165) is 26.1 Å². The largest absolute Gasteiger partial charge is 0.388 e. The lowest BCUT2D eigenvalue weighted by molar-refractivity contribution is -0.0369. The molecule has 0 aromatic rings. The molecule has 0 aromatic carbocycles. The van der Waals surface area contributed by atoms with Gasteiger partial charge in [-0.25, -0.2) is 0 Å². The fourth-order valence-corrected chi connectivity index (χ4v) is 2.72. The quantitative estimate of drug-likeness (QED) is 0.255. The maximum Gasteiger partial charge on any atom is 0.101 e. The Morgan fingerprint density at radius 3 is 1.41 bits per heavy atom. The summed E-state index contributed by atoms with van der Waals surface area (Å²) in [7, 11) is 0. The molecule has 0 rings (SSSR count). The highest BCUT2D eigenvalue weighted by atomic mass is 16.5. The summed E-state index contributed by atoms with van der Waals surface area (Å²) in [5.41, 5.74) is 0. The van der Waals surface area contributed by atoms with Crippen LogP contribution in [0.4, 0.5) is 0 Å². The summed E-state index contributed by atoms with van der Waals surface area (Å²) in [6.45, 7) is 8.92. The van der Waals surface area contributed by atoms with E-state index < -0.39 is 6.10 Å². The Morgan fingerprint density at radius 2 is 0.852 bits per heavy atom. The Balaban J connectivity index is 3.11. The summed E-state index contributed by atoms with van der Waals surface area (Å²) in [6, 6.07) is 0. The van der Waals surface area contributed by atoms with Crippen LogP contribution in [0.25, 0.3) is 0 Å². The lowest BCUT2D eigenvalue weighted by atomic mass is 10.1. The van der Waals surface area contributed by atoms with Gasteiger partial charge in [-0.2, -0.15) is 0 Å². The molecular formula is C22H46O5. The predicted molar refractivity (Wildman–Crippen MR) is 111 cm³/mol. The molecule has 0 saturated carbocycles. The molecule has 0 saturated heterocycles. The zero-order chi connectivity index (χ0) is 19.8. The van der Waals surface area contributed by atoms with E-state index in [0.29, 0.717) is 39.6 Å². The van der Waals surface area contributed by atoms with E-state index in [1.165, 1.54) is 57.8 Å². The second-order valence-electron chi connectivity index (χ2n) is 7.21. The molecule has 164 valence electrons. The van der Waals surface area contributed by atoms with Gasteiger partial charge in [-0.3, -0.25) is 0 Å². The molecule has 1 atom stereocenters. The van der Waals surface area contributed by atoms with Gasteiger partial charge in [0.25, 0.3) is 0 Å². The molecule has 0 amide bonds. The first-order valence-electron chi connectivity index (χ1n) is 11.3. The maximum atomic E-state index is 9.79. The number of hydrogen-bond donors (Lipinski definition) is 1. The van der Waals surface area contributed by atoms with Gasteiger partial charge in [-0.15, -0.1) is 0 Å². The van der Waals surface area contributed by atoms with Crippen LogP contribution in [-0.4, -0.2) is 64.1 Å². The fraction of sp³-hybridized carbons (Fsp3) is 1.00. The molecule has 0 aromatic heterocycles. The van der Waals surface area contributed by atoms with Crippen LogP contribution in [0.2, 0.25) is 0 Å². The molecule has 5 nitrogen and oxygen atoms in total. The van der Waals surface area contributed by atoms with E-state index >= 15 is 0 Å². The van der Waals surface area contributed by atoms with Gasteiger partial charge < -0.3 is 24.1 Å². The summed E-state index contributed by atoms with van der Waals surface area (Å²) in [4.78, 5) is 0. The molecule has 5 heteroatoms. The Bertz CT molecular complexity index is 263. The van der Waals surface area contributed by atoms with Crippen molar-refractivity contribution < 1.29 is 24.1 Å². The second kappa shape index (κ2) is 23.8. The molecule has 0 aliphatic carbocycles. The maximum absolute atomic E-state index is 9.79. The van der Waals surface area contributed by atoms with Crippen molar-refractivity contribution in [1.82, 2.24) is 0 Å². The van der Waals surface area contributed by atoms with E-state index in [1.54, 1.807) is 0 Å². The zero-order valence-corrected chi connectivity index (χ0v) is 18.1. The van der Waals surface area contributed by atoms with Crippen LogP contribution in [0.15, 0.2) is 0 Å². The minimum atomic E-state index is -0.555. The van der Waals surface area contributed by atoms with Gasteiger partial charge in [-0.1, -0.05) is 71.6 Å². The van der Waals surface area contributed by atoms with E-state index in [1.807, 2.05) is 0 Å². The zero-order valence-electron chi connectivity index (χ0n) is 18.1. The van der Waals surface area contributed by atoms with Crippen LogP contribution >= 0.6 is 0 Å². The van der Waals surface area contributed by atoms with Crippen molar-refractivity contribution in [3.05, 3.63) is 0 Å². The van der Waals surface area contributed by atoms with E-state index in [-0.39, 0.29) is 0 Å². The van der Waals surface area contributed by atoms with Crippen LogP contribution in [0.1, 0.15) is 84.5 Å². The minimum absolute atomic E-state index is 0.300. The Labute approximate surface area is 168 Å². The number of aliphatic hydroxyl groups excluding tert-OH is 1. The third-order valence-corrected chi connectivity index (χ3v) is 4.40. The summed E-state index contributed by atoms with van der Waals surface area (Å²) >= 11 is 0. The molecule has 27 heavy (non-hydrogen) atoms. The number of aliphatic hydroxyl groups is 1. The molecule has 0 bridgehead atoms. The summed E-state index contributed by atoms with van der Waals surface area (Å²) in [6.07, 6.45) is 13.3. The monoisotopic (exact) mass is 390 g/mol. The standard InChI is InChI=1S/C22H46O5/c1-3-5-7-9-11-13-15-26-20-22(23)21-27-19-18-25-17-16-24-14-12-10-8-6-4-2/h22-23H,3-21H2,1-2H3/t22-/m1/s1. The van der Waals surface area contributed by atoms with Gasteiger partial charge in [0.05, 0.1) is 39.6 Å². The molecule has 0 heterocycles. The summed E-state index contributed by atoms with van der Waals surface area (Å²) in [5.74, 6) is 0. The van der Waals surface area contributed by atoms with Gasteiger partial charge in [-0.05, 0) is 12.8 Å². The third kappa shape index (κ3) is 23.8. The topological polar surface area (TPSA) is 57.2 Å². The molecule has 0 aliphatic rings. The van der Waals surface area contributed by atoms with Crippen molar-refractivity contribution in [2.75, 3.05) is 52.9 Å². The molecule has 0 radical (unpaired) electrons. The molecule has 1 N–H and O–H groups in total. The van der Waals surface area contributed by atoms with Crippen LogP contribution in [-0.2, 0) is 18.9 Å². The van der Waals surface area contributed by atoms with Gasteiger partial charge in [0, 0.05) is 13.2 Å². The fourth-order valence-electron chi connectivity index (χ4n) is 2.72. The van der Waals surface area contributed by atoms with Crippen LogP contribution in [0, 0.1) is 0 Å². The lowest BCUT2D eigenvalue weighted by Gasteiger charge is -2.12. The molecule has 0 unspecified atom stereocenters. The number of hydrogen-bond acceptors (Lipinski definition) is 5. The first kappa shape index (κ1) is 26.8. The number of ether oxygens (including phenoxy) is 4. The Morgan fingerprint density at radius 1 is 0.481 bits per heavy atom. The number of rotatable bonds is 23. The second-order valence-corrected chi connectivity index (χ2v) is 7.21. The average Bonchev–Trinajstić information content (AvgIpc) is 2.67. The van der Waals surface area contributed by atoms with E-state index in [4.69, 9.17) is 18.9 Å². The van der Waals surface area contributed by atoms with Crippen molar-refractivity contribution in [1.29, 1.82) is 0 Å². The van der Waals surface area contributed by atoms with Crippen molar-refractivity contribution in [3.63, 3.8) is 0 Å². The lowest BCUT2D eigenvalue weighted by Crippen LogP contribution is -2.23. The van der Waals surface area contributed by atoms with Gasteiger partial charge in [0.1, 0.15) is 6.10 Å². The van der Waals surface area contributed by atoms with E-state index in [2.05, 4.69) is 13.8 Å². The highest BCUT2D eigenvalue weighted by Gasteiger charge is 2.04. The average molecular weight is 391 g/mol. The van der Waals surface area contributed by atoms with Crippen molar-refractivity contribution >= 4 is 0 Å². The number of unbranched alkanes of at least 4 members (excludes halogenated alkanes) is 9. The van der Waals surface area contributed by atoms with E-state index in [9.17, 15) is 5.11 Å². The Kier molecular flexibility index (Phi) is 23.7. The van der Waals surface area contributed by atoms with Crippen molar-refractivity contribution in [3.8, 4) is 0 Å². The van der Waals surface area contributed by atoms with Crippen molar-refractivity contribution in [2.45, 2.75) is 90.6 Å². The normalized spacial score (nSPS) is 12.6. The van der Waals surface area contributed by atoms with Gasteiger partial charge in [0.15, 0.2) is 0 Å². The van der Waals surface area contributed by atoms with Gasteiger partial charge in [0.2, 0.25) is 0 Å². The summed E-state index contributed by atoms with van der Waals surface area (Å²) in [5, 5.41) is 9.79. The Hall–Kier alpha value is -0.200. The smallest absolute Gasteiger partial charge is 0.101 e. The molecule has 0 fully saturated rings. The molecule has 0 aliphatic heterocycles. The van der Waals surface area contributed by atoms with Gasteiger partial charge >= 0.3 is 0 Å². The predicted octanol–water partition coefficient (Wildman–Crippen LogP) is 4.74. The molecule has 0 spiro atoms.